The van der Waals surface area contributed by atoms with Gasteiger partial charge in [0.1, 0.15) is 0 Å². The molecule has 0 aliphatic carbocycles. The van der Waals surface area contributed by atoms with Crippen molar-refractivity contribution in [3.63, 3.8) is 0 Å². The predicted octanol–water partition coefficient (Wildman–Crippen LogP) is 3.09. The Labute approximate surface area is 74.7 Å². The lowest BCUT2D eigenvalue weighted by molar-refractivity contribution is -0.0935. The van der Waals surface area contributed by atoms with Crippen molar-refractivity contribution in [2.24, 2.45) is 10.9 Å². The molecule has 72 valence electrons. The highest BCUT2D eigenvalue weighted by Crippen LogP contribution is 2.32. The second-order valence-corrected chi connectivity index (χ2v) is 3.25. The largest absolute Gasteiger partial charge is 0.414 e. The quantitative estimate of drug-likeness (QED) is 0.601. The van der Waals surface area contributed by atoms with E-state index in [9.17, 15) is 13.2 Å². The van der Waals surface area contributed by atoms with E-state index in [1.54, 1.807) is 0 Å². The first-order valence-electron chi connectivity index (χ1n) is 3.99. The van der Waals surface area contributed by atoms with Gasteiger partial charge in [-0.05, 0) is 17.4 Å². The summed E-state index contributed by atoms with van der Waals surface area (Å²) in [6.07, 6.45) is -3.50. The number of hydrogen-bond acceptors (Lipinski definition) is 1. The van der Waals surface area contributed by atoms with Gasteiger partial charge in [-0.1, -0.05) is 13.8 Å². The van der Waals surface area contributed by atoms with Crippen molar-refractivity contribution >= 4 is 5.87 Å². The Morgan fingerprint density at radius 2 is 2.08 bits per heavy atom. The minimum absolute atomic E-state index is 0.0646. The Kier molecular flexibility index (Phi) is 2.62. The third kappa shape index (κ3) is 2.46. The fourth-order valence-electron chi connectivity index (χ4n) is 0.990. The molecule has 0 N–H and O–H groups in total. The molecule has 13 heavy (non-hydrogen) atoms. The van der Waals surface area contributed by atoms with Gasteiger partial charge in [0.25, 0.3) is 0 Å². The first-order chi connectivity index (χ1) is 5.91. The molecule has 0 aromatic heterocycles. The van der Waals surface area contributed by atoms with Gasteiger partial charge in [-0.25, -0.2) is 4.99 Å². The molecule has 0 amide bonds. The van der Waals surface area contributed by atoms with Crippen molar-refractivity contribution in [3.05, 3.63) is 17.3 Å². The van der Waals surface area contributed by atoms with Gasteiger partial charge in [-0.3, -0.25) is 0 Å². The van der Waals surface area contributed by atoms with E-state index >= 15 is 0 Å². The van der Waals surface area contributed by atoms with E-state index in [0.29, 0.717) is 5.57 Å². The van der Waals surface area contributed by atoms with Crippen LogP contribution in [0, 0.1) is 5.92 Å². The topological polar surface area (TPSA) is 12.4 Å². The first-order valence-corrected chi connectivity index (χ1v) is 3.99. The summed E-state index contributed by atoms with van der Waals surface area (Å²) in [7, 11) is 0. The molecule has 4 heteroatoms. The monoisotopic (exact) mass is 189 g/mol. The highest BCUT2D eigenvalue weighted by atomic mass is 19.4. The van der Waals surface area contributed by atoms with Crippen LogP contribution in [-0.4, -0.2) is 12.0 Å². The summed E-state index contributed by atoms with van der Waals surface area (Å²) in [5.41, 5.74) is 0.0183. The van der Waals surface area contributed by atoms with Crippen molar-refractivity contribution in [2.75, 3.05) is 0 Å². The molecule has 0 atom stereocenters. The molecular formula is C9H10F3N. The Hall–Kier alpha value is -1.02. The summed E-state index contributed by atoms with van der Waals surface area (Å²) in [4.78, 5) is 3.46. The fourth-order valence-corrected chi connectivity index (χ4v) is 0.990. The summed E-state index contributed by atoms with van der Waals surface area (Å²) in [6.45, 7) is 3.66. The van der Waals surface area contributed by atoms with Gasteiger partial charge < -0.3 is 0 Å². The SMILES string of the molecule is CC(C)C1=C=NC=C(C(F)(F)F)C1. The molecule has 0 radical (unpaired) electrons. The van der Waals surface area contributed by atoms with E-state index in [1.807, 2.05) is 13.8 Å². The van der Waals surface area contributed by atoms with Gasteiger partial charge in [-0.15, -0.1) is 0 Å². The van der Waals surface area contributed by atoms with Crippen LogP contribution < -0.4 is 0 Å². The second kappa shape index (κ2) is 3.38. The molecule has 0 bridgehead atoms. The van der Waals surface area contributed by atoms with E-state index < -0.39 is 11.7 Å². The standard InChI is InChI=1S/C9H10F3N/c1-6(2)7-3-8(5-13-4-7)9(10,11)12/h5-6H,3H2,1-2H3. The summed E-state index contributed by atoms with van der Waals surface area (Å²) < 4.78 is 36.6. The number of hydrogen-bond donors (Lipinski definition) is 0. The maximum atomic E-state index is 12.2. The number of aliphatic imine (C=N–C) groups is 1. The number of rotatable bonds is 1. The second-order valence-electron chi connectivity index (χ2n) is 3.25. The molecule has 0 unspecified atom stereocenters. The maximum absolute atomic E-state index is 12.2. The normalized spacial score (nSPS) is 17.4. The van der Waals surface area contributed by atoms with Crippen LogP contribution in [0.15, 0.2) is 22.3 Å². The summed E-state index contributed by atoms with van der Waals surface area (Å²) in [5, 5.41) is 0. The predicted molar refractivity (Wildman–Crippen MR) is 44.5 cm³/mol. The zero-order valence-electron chi connectivity index (χ0n) is 7.44. The van der Waals surface area contributed by atoms with E-state index in [-0.39, 0.29) is 12.3 Å². The van der Waals surface area contributed by atoms with Gasteiger partial charge in [0.05, 0.1) is 5.57 Å². The van der Waals surface area contributed by atoms with Crippen molar-refractivity contribution in [2.45, 2.75) is 26.4 Å². The number of halogens is 3. The molecule has 0 spiro atoms. The molecule has 1 aliphatic rings. The van der Waals surface area contributed by atoms with Gasteiger partial charge >= 0.3 is 6.18 Å². The smallest absolute Gasteiger partial charge is 0.214 e. The zero-order chi connectivity index (χ0) is 10.1. The molecular weight excluding hydrogens is 179 g/mol. The lowest BCUT2D eigenvalue weighted by Gasteiger charge is -2.15. The summed E-state index contributed by atoms with van der Waals surface area (Å²) >= 11 is 0. The van der Waals surface area contributed by atoms with Gasteiger partial charge in [-0.2, -0.15) is 13.2 Å². The Balaban J connectivity index is 2.83. The van der Waals surface area contributed by atoms with Crippen LogP contribution in [0.1, 0.15) is 20.3 Å². The van der Waals surface area contributed by atoms with Crippen LogP contribution in [-0.2, 0) is 0 Å². The van der Waals surface area contributed by atoms with Crippen LogP contribution >= 0.6 is 0 Å². The first kappa shape index (κ1) is 10.1. The molecule has 0 fully saturated rings. The zero-order valence-corrected chi connectivity index (χ0v) is 7.44. The minimum Gasteiger partial charge on any atom is -0.214 e. The van der Waals surface area contributed by atoms with Crippen LogP contribution in [0.5, 0.6) is 0 Å². The van der Waals surface area contributed by atoms with E-state index in [1.165, 1.54) is 0 Å². The Morgan fingerprint density at radius 3 is 2.54 bits per heavy atom. The molecule has 0 aromatic rings. The fraction of sp³-hybridized carbons (Fsp3) is 0.556. The molecule has 0 aromatic carbocycles. The number of nitrogens with zero attached hydrogens (tertiary/aromatic N) is 1. The summed E-state index contributed by atoms with van der Waals surface area (Å²) in [6, 6.07) is 0. The van der Waals surface area contributed by atoms with Crippen LogP contribution in [0.2, 0.25) is 0 Å². The average molecular weight is 189 g/mol. The van der Waals surface area contributed by atoms with Crippen molar-refractivity contribution in [1.82, 2.24) is 0 Å². The number of alkyl halides is 3. The lowest BCUT2D eigenvalue weighted by atomic mass is 9.96. The van der Waals surface area contributed by atoms with Crippen LogP contribution in [0.3, 0.4) is 0 Å². The average Bonchev–Trinajstić information content (AvgIpc) is 2.03. The molecule has 1 heterocycles. The van der Waals surface area contributed by atoms with E-state index in [2.05, 4.69) is 10.9 Å². The third-order valence-corrected chi connectivity index (χ3v) is 1.87. The molecule has 0 saturated carbocycles. The van der Waals surface area contributed by atoms with Crippen LogP contribution in [0.25, 0.3) is 0 Å². The Bertz CT molecular complexity index is 290. The van der Waals surface area contributed by atoms with E-state index in [4.69, 9.17) is 0 Å². The van der Waals surface area contributed by atoms with Crippen molar-refractivity contribution < 1.29 is 13.2 Å². The number of allylic oxidation sites excluding steroid dienone is 2. The van der Waals surface area contributed by atoms with Gasteiger partial charge in [0.2, 0.25) is 0 Å². The van der Waals surface area contributed by atoms with Crippen molar-refractivity contribution in [3.8, 4) is 0 Å². The Morgan fingerprint density at radius 1 is 1.46 bits per heavy atom. The molecule has 1 nitrogen and oxygen atoms in total. The molecule has 1 aliphatic heterocycles. The summed E-state index contributed by atoms with van der Waals surface area (Å²) in [5.74, 6) is 2.65. The highest BCUT2D eigenvalue weighted by Gasteiger charge is 2.34. The minimum atomic E-state index is -4.26. The van der Waals surface area contributed by atoms with Crippen LogP contribution in [0.4, 0.5) is 13.2 Å². The molecule has 1 rings (SSSR count). The van der Waals surface area contributed by atoms with Gasteiger partial charge in [0.15, 0.2) is 0 Å². The maximum Gasteiger partial charge on any atom is 0.414 e. The van der Waals surface area contributed by atoms with E-state index in [0.717, 1.165) is 6.20 Å². The molecule has 0 saturated heterocycles. The van der Waals surface area contributed by atoms with Gasteiger partial charge in [0, 0.05) is 12.6 Å². The third-order valence-electron chi connectivity index (χ3n) is 1.87. The van der Waals surface area contributed by atoms with Crippen molar-refractivity contribution in [1.29, 1.82) is 0 Å². The highest BCUT2D eigenvalue weighted by molar-refractivity contribution is 5.62. The lowest BCUT2D eigenvalue weighted by Crippen LogP contribution is -2.15.